The van der Waals surface area contributed by atoms with Crippen LogP contribution in [0.3, 0.4) is 0 Å². The molecule has 4 rings (SSSR count). The summed E-state index contributed by atoms with van der Waals surface area (Å²) < 4.78 is 0. The molecule has 20 heavy (non-hydrogen) atoms. The summed E-state index contributed by atoms with van der Waals surface area (Å²) in [4.78, 5) is 5.43. The van der Waals surface area contributed by atoms with E-state index in [2.05, 4.69) is 40.1 Å². The van der Waals surface area contributed by atoms with Crippen molar-refractivity contribution in [2.75, 3.05) is 26.2 Å². The quantitative estimate of drug-likeness (QED) is 0.833. The maximum Gasteiger partial charge on any atom is 0.0234 e. The normalized spacial score (nSPS) is 34.7. The van der Waals surface area contributed by atoms with Gasteiger partial charge in [-0.25, -0.2) is 0 Å². The second-order valence-corrected chi connectivity index (χ2v) is 7.04. The van der Waals surface area contributed by atoms with E-state index >= 15 is 0 Å². The van der Waals surface area contributed by atoms with Gasteiger partial charge in [-0.05, 0) is 36.7 Å². The number of piperazine rings is 1. The summed E-state index contributed by atoms with van der Waals surface area (Å²) in [5, 5.41) is 0. The fraction of sp³-hybridized carbons (Fsp3) is 0.667. The van der Waals surface area contributed by atoms with Gasteiger partial charge in [0.1, 0.15) is 0 Å². The van der Waals surface area contributed by atoms with E-state index in [0.29, 0.717) is 0 Å². The van der Waals surface area contributed by atoms with Crippen LogP contribution in [0.5, 0.6) is 0 Å². The summed E-state index contributed by atoms with van der Waals surface area (Å²) >= 11 is 0. The molecule has 3 atom stereocenters. The Labute approximate surface area is 122 Å². The number of hydrogen-bond acceptors (Lipinski definition) is 2. The van der Waals surface area contributed by atoms with E-state index in [-0.39, 0.29) is 0 Å². The highest BCUT2D eigenvalue weighted by Gasteiger charge is 2.42. The molecule has 1 saturated heterocycles. The van der Waals surface area contributed by atoms with Crippen molar-refractivity contribution in [3.63, 3.8) is 0 Å². The number of nitrogens with zero attached hydrogens (tertiary/aromatic N) is 2. The van der Waals surface area contributed by atoms with Gasteiger partial charge in [0.2, 0.25) is 0 Å². The zero-order chi connectivity index (χ0) is 13.4. The Hall–Kier alpha value is -0.860. The summed E-state index contributed by atoms with van der Waals surface area (Å²) in [6.07, 6.45) is 6.08. The van der Waals surface area contributed by atoms with Gasteiger partial charge in [0, 0.05) is 38.8 Å². The van der Waals surface area contributed by atoms with Gasteiger partial charge >= 0.3 is 0 Å². The second-order valence-electron chi connectivity index (χ2n) is 7.04. The lowest BCUT2D eigenvalue weighted by Gasteiger charge is -2.41. The van der Waals surface area contributed by atoms with E-state index in [0.717, 1.165) is 24.4 Å². The Kier molecular flexibility index (Phi) is 3.53. The monoisotopic (exact) mass is 270 g/mol. The first-order valence-electron chi connectivity index (χ1n) is 8.39. The summed E-state index contributed by atoms with van der Waals surface area (Å²) in [7, 11) is 0. The average Bonchev–Trinajstić information content (AvgIpc) is 3.12. The van der Waals surface area contributed by atoms with Crippen LogP contribution in [-0.2, 0) is 6.54 Å². The van der Waals surface area contributed by atoms with Crippen molar-refractivity contribution in [2.45, 2.75) is 38.3 Å². The molecule has 2 aliphatic carbocycles. The number of fused-ring (bicyclic) bond motifs is 2. The number of benzene rings is 1. The van der Waals surface area contributed by atoms with Gasteiger partial charge in [-0.3, -0.25) is 9.80 Å². The first-order chi connectivity index (χ1) is 9.88. The van der Waals surface area contributed by atoms with Crippen LogP contribution >= 0.6 is 0 Å². The Morgan fingerprint density at radius 2 is 1.70 bits per heavy atom. The third-order valence-electron chi connectivity index (χ3n) is 5.83. The predicted octanol–water partition coefficient (Wildman–Crippen LogP) is 2.99. The lowest BCUT2D eigenvalue weighted by atomic mass is 9.93. The van der Waals surface area contributed by atoms with Gasteiger partial charge in [-0.1, -0.05) is 36.8 Å². The van der Waals surface area contributed by atoms with Crippen molar-refractivity contribution in [2.24, 2.45) is 11.8 Å². The van der Waals surface area contributed by atoms with Gasteiger partial charge in [-0.15, -0.1) is 0 Å². The van der Waals surface area contributed by atoms with Crippen molar-refractivity contribution in [1.82, 2.24) is 9.80 Å². The highest BCUT2D eigenvalue weighted by Crippen LogP contribution is 2.46. The van der Waals surface area contributed by atoms with Crippen LogP contribution < -0.4 is 0 Å². The van der Waals surface area contributed by atoms with Gasteiger partial charge in [0.15, 0.2) is 0 Å². The third kappa shape index (κ3) is 2.51. The van der Waals surface area contributed by atoms with Crippen LogP contribution in [0.25, 0.3) is 0 Å². The van der Waals surface area contributed by atoms with Crippen LogP contribution in [0.15, 0.2) is 30.3 Å². The molecular weight excluding hydrogens is 244 g/mol. The molecule has 3 fully saturated rings. The van der Waals surface area contributed by atoms with Gasteiger partial charge in [0.05, 0.1) is 0 Å². The topological polar surface area (TPSA) is 6.48 Å². The Morgan fingerprint density at radius 3 is 2.35 bits per heavy atom. The molecule has 0 amide bonds. The minimum atomic E-state index is 0.938. The Morgan fingerprint density at radius 1 is 0.900 bits per heavy atom. The maximum atomic E-state index is 2.81. The number of hydrogen-bond donors (Lipinski definition) is 0. The van der Waals surface area contributed by atoms with Crippen LogP contribution in [0.4, 0.5) is 0 Å². The first kappa shape index (κ1) is 12.8. The third-order valence-corrected chi connectivity index (χ3v) is 5.83. The second kappa shape index (κ2) is 5.50. The highest BCUT2D eigenvalue weighted by molar-refractivity contribution is 5.14. The van der Waals surface area contributed by atoms with Gasteiger partial charge in [-0.2, -0.15) is 0 Å². The molecule has 0 aromatic heterocycles. The lowest BCUT2D eigenvalue weighted by molar-refractivity contribution is 0.0680. The predicted molar refractivity (Wildman–Crippen MR) is 82.5 cm³/mol. The SMILES string of the molecule is c1ccc(CN2CCN([C@@H]3C[C@@H]4CC[C@@H]3C4)CC2)cc1. The highest BCUT2D eigenvalue weighted by atomic mass is 15.3. The van der Waals surface area contributed by atoms with Crippen LogP contribution in [0.2, 0.25) is 0 Å². The maximum absolute atomic E-state index is 2.81. The van der Waals surface area contributed by atoms with Crippen molar-refractivity contribution >= 4 is 0 Å². The minimum Gasteiger partial charge on any atom is -0.298 e. The molecular formula is C18H26N2. The summed E-state index contributed by atoms with van der Waals surface area (Å²) in [6.45, 7) is 6.22. The van der Waals surface area contributed by atoms with Crippen molar-refractivity contribution in [3.8, 4) is 0 Å². The van der Waals surface area contributed by atoms with Crippen molar-refractivity contribution in [3.05, 3.63) is 35.9 Å². The Bertz CT molecular complexity index is 436. The minimum absolute atomic E-state index is 0.938. The molecule has 0 unspecified atom stereocenters. The molecule has 3 aliphatic rings. The molecule has 0 radical (unpaired) electrons. The largest absolute Gasteiger partial charge is 0.298 e. The van der Waals surface area contributed by atoms with E-state index in [4.69, 9.17) is 0 Å². The first-order valence-corrected chi connectivity index (χ1v) is 8.39. The van der Waals surface area contributed by atoms with Crippen LogP contribution in [0.1, 0.15) is 31.2 Å². The summed E-state index contributed by atoms with van der Waals surface area (Å²) in [6, 6.07) is 11.9. The molecule has 0 spiro atoms. The fourth-order valence-corrected chi connectivity index (χ4v) is 4.75. The molecule has 0 N–H and O–H groups in total. The number of rotatable bonds is 3. The summed E-state index contributed by atoms with van der Waals surface area (Å²) in [5.41, 5.74) is 1.46. The molecule has 2 heteroatoms. The fourth-order valence-electron chi connectivity index (χ4n) is 4.75. The lowest BCUT2D eigenvalue weighted by Crippen LogP contribution is -2.51. The molecule has 1 aliphatic heterocycles. The molecule has 2 saturated carbocycles. The van der Waals surface area contributed by atoms with E-state index in [1.165, 1.54) is 57.4 Å². The van der Waals surface area contributed by atoms with Crippen molar-refractivity contribution in [1.29, 1.82) is 0 Å². The Balaban J connectivity index is 1.30. The van der Waals surface area contributed by atoms with E-state index < -0.39 is 0 Å². The van der Waals surface area contributed by atoms with Gasteiger partial charge in [0.25, 0.3) is 0 Å². The molecule has 1 aromatic carbocycles. The zero-order valence-electron chi connectivity index (χ0n) is 12.4. The average molecular weight is 270 g/mol. The standard InChI is InChI=1S/C18H26N2/c1-2-4-15(5-3-1)14-19-8-10-20(11-9-19)18-13-16-6-7-17(18)12-16/h1-5,16-18H,6-14H2/t16-,17-,18-/m1/s1. The van der Waals surface area contributed by atoms with E-state index in [1.807, 2.05) is 0 Å². The van der Waals surface area contributed by atoms with Crippen molar-refractivity contribution < 1.29 is 0 Å². The molecule has 108 valence electrons. The molecule has 1 aromatic rings. The molecule has 2 nitrogen and oxygen atoms in total. The zero-order valence-corrected chi connectivity index (χ0v) is 12.4. The van der Waals surface area contributed by atoms with Crippen LogP contribution in [-0.4, -0.2) is 42.0 Å². The summed E-state index contributed by atoms with van der Waals surface area (Å²) in [5.74, 6) is 2.12. The molecule has 2 bridgehead atoms. The van der Waals surface area contributed by atoms with E-state index in [1.54, 1.807) is 0 Å². The van der Waals surface area contributed by atoms with Crippen LogP contribution in [0, 0.1) is 11.8 Å². The van der Waals surface area contributed by atoms with Gasteiger partial charge < -0.3 is 0 Å². The molecule has 1 heterocycles. The smallest absolute Gasteiger partial charge is 0.0234 e. The van der Waals surface area contributed by atoms with E-state index in [9.17, 15) is 0 Å².